The van der Waals surface area contributed by atoms with Gasteiger partial charge < -0.3 is 5.32 Å². The summed E-state index contributed by atoms with van der Waals surface area (Å²) in [5.41, 5.74) is 0. The van der Waals surface area contributed by atoms with Gasteiger partial charge in [0, 0.05) is 25.0 Å². The molecule has 0 radical (unpaired) electrons. The predicted octanol–water partition coefficient (Wildman–Crippen LogP) is 2.17. The topological polar surface area (TPSA) is 32.3 Å². The van der Waals surface area contributed by atoms with E-state index in [-0.39, 0.29) is 11.9 Å². The van der Waals surface area contributed by atoms with E-state index in [0.29, 0.717) is 12.5 Å². The maximum absolute atomic E-state index is 11.6. The summed E-state index contributed by atoms with van der Waals surface area (Å²) < 4.78 is 0. The maximum Gasteiger partial charge on any atom is 0.221 e. The minimum atomic E-state index is 0.190. The second kappa shape index (κ2) is 6.89. The molecule has 1 aliphatic rings. The van der Waals surface area contributed by atoms with Crippen molar-refractivity contribution in [3.05, 3.63) is 0 Å². The fourth-order valence-electron chi connectivity index (χ4n) is 2.46. The van der Waals surface area contributed by atoms with Crippen molar-refractivity contribution in [1.82, 2.24) is 10.2 Å². The van der Waals surface area contributed by atoms with Crippen LogP contribution in [-0.2, 0) is 4.79 Å². The van der Waals surface area contributed by atoms with Crippen LogP contribution in [0.3, 0.4) is 0 Å². The van der Waals surface area contributed by atoms with E-state index in [4.69, 9.17) is 0 Å². The summed E-state index contributed by atoms with van der Waals surface area (Å²) in [7, 11) is 0. The van der Waals surface area contributed by atoms with Crippen LogP contribution in [0.5, 0.6) is 0 Å². The van der Waals surface area contributed by atoms with E-state index in [1.54, 1.807) is 0 Å². The number of piperidine rings is 1. The Bertz CT molecular complexity index is 216. The molecule has 3 heteroatoms. The summed E-state index contributed by atoms with van der Waals surface area (Å²) in [6, 6.07) is 0.969. The van der Waals surface area contributed by atoms with Gasteiger partial charge in [-0.25, -0.2) is 0 Å². The zero-order valence-corrected chi connectivity index (χ0v) is 11.0. The SMILES string of the molecule is CCC1CCCCN1CCC(=O)NC(C)C. The van der Waals surface area contributed by atoms with Crippen molar-refractivity contribution in [1.29, 1.82) is 0 Å². The molecule has 1 heterocycles. The standard InChI is InChI=1S/C13H26N2O/c1-4-12-7-5-6-9-15(12)10-8-13(16)14-11(2)3/h11-12H,4-10H2,1-3H3,(H,14,16). The quantitative estimate of drug-likeness (QED) is 0.779. The number of carbonyl (C=O) groups is 1. The lowest BCUT2D eigenvalue weighted by Gasteiger charge is -2.35. The van der Waals surface area contributed by atoms with Crippen molar-refractivity contribution in [2.75, 3.05) is 13.1 Å². The summed E-state index contributed by atoms with van der Waals surface area (Å²) in [5, 5.41) is 2.95. The fraction of sp³-hybridized carbons (Fsp3) is 0.923. The smallest absolute Gasteiger partial charge is 0.221 e. The van der Waals surface area contributed by atoms with E-state index >= 15 is 0 Å². The number of rotatable bonds is 5. The molecule has 0 aliphatic carbocycles. The molecule has 16 heavy (non-hydrogen) atoms. The Hall–Kier alpha value is -0.570. The zero-order valence-electron chi connectivity index (χ0n) is 11.0. The van der Waals surface area contributed by atoms with Crippen LogP contribution in [0.2, 0.25) is 0 Å². The van der Waals surface area contributed by atoms with Crippen molar-refractivity contribution in [2.45, 2.75) is 65.0 Å². The van der Waals surface area contributed by atoms with Gasteiger partial charge in [0.2, 0.25) is 5.91 Å². The lowest BCUT2D eigenvalue weighted by atomic mass is 10.00. The average Bonchev–Trinajstić information content (AvgIpc) is 2.26. The van der Waals surface area contributed by atoms with Crippen molar-refractivity contribution < 1.29 is 4.79 Å². The van der Waals surface area contributed by atoms with E-state index < -0.39 is 0 Å². The van der Waals surface area contributed by atoms with Crippen molar-refractivity contribution in [2.24, 2.45) is 0 Å². The van der Waals surface area contributed by atoms with Crippen LogP contribution in [-0.4, -0.2) is 36.0 Å². The van der Waals surface area contributed by atoms with Crippen LogP contribution < -0.4 is 5.32 Å². The first-order valence-corrected chi connectivity index (χ1v) is 6.67. The molecular formula is C13H26N2O. The Morgan fingerprint density at radius 2 is 2.19 bits per heavy atom. The molecule has 1 saturated heterocycles. The van der Waals surface area contributed by atoms with Crippen molar-refractivity contribution in [3.63, 3.8) is 0 Å². The Morgan fingerprint density at radius 1 is 1.44 bits per heavy atom. The van der Waals surface area contributed by atoms with Crippen molar-refractivity contribution in [3.8, 4) is 0 Å². The summed E-state index contributed by atoms with van der Waals surface area (Å²) in [6.45, 7) is 8.36. The number of hydrogen-bond donors (Lipinski definition) is 1. The molecule has 1 unspecified atom stereocenters. The first-order chi connectivity index (χ1) is 7.63. The molecule has 0 aromatic carbocycles. The van der Waals surface area contributed by atoms with E-state index in [0.717, 1.165) is 6.54 Å². The van der Waals surface area contributed by atoms with Crippen LogP contribution in [0.1, 0.15) is 52.9 Å². The number of amides is 1. The largest absolute Gasteiger partial charge is 0.354 e. The molecular weight excluding hydrogens is 200 g/mol. The van der Waals surface area contributed by atoms with Crippen LogP contribution in [0.15, 0.2) is 0 Å². The van der Waals surface area contributed by atoms with Gasteiger partial charge >= 0.3 is 0 Å². The van der Waals surface area contributed by atoms with Crippen LogP contribution in [0.4, 0.5) is 0 Å². The van der Waals surface area contributed by atoms with E-state index in [9.17, 15) is 4.79 Å². The summed E-state index contributed by atoms with van der Waals surface area (Å²) in [6.07, 6.45) is 5.82. The van der Waals surface area contributed by atoms with Gasteiger partial charge in [-0.3, -0.25) is 9.69 Å². The molecule has 1 N–H and O–H groups in total. The summed E-state index contributed by atoms with van der Waals surface area (Å²) in [4.78, 5) is 14.0. The fourth-order valence-corrected chi connectivity index (χ4v) is 2.46. The molecule has 94 valence electrons. The Kier molecular flexibility index (Phi) is 5.81. The number of likely N-dealkylation sites (tertiary alicyclic amines) is 1. The van der Waals surface area contributed by atoms with Gasteiger partial charge in [-0.05, 0) is 39.7 Å². The van der Waals surface area contributed by atoms with Gasteiger partial charge in [-0.2, -0.15) is 0 Å². The lowest BCUT2D eigenvalue weighted by Crippen LogP contribution is -2.41. The monoisotopic (exact) mass is 226 g/mol. The van der Waals surface area contributed by atoms with Gasteiger partial charge in [-0.1, -0.05) is 13.3 Å². The van der Waals surface area contributed by atoms with E-state index in [1.165, 1.54) is 32.2 Å². The van der Waals surface area contributed by atoms with Gasteiger partial charge in [0.25, 0.3) is 0 Å². The molecule has 0 aromatic rings. The molecule has 1 amide bonds. The van der Waals surface area contributed by atoms with Crippen LogP contribution in [0, 0.1) is 0 Å². The molecule has 3 nitrogen and oxygen atoms in total. The highest BCUT2D eigenvalue weighted by molar-refractivity contribution is 5.76. The predicted molar refractivity (Wildman–Crippen MR) is 67.4 cm³/mol. The zero-order chi connectivity index (χ0) is 12.0. The number of carbonyl (C=O) groups excluding carboxylic acids is 1. The molecule has 0 saturated carbocycles. The third kappa shape index (κ3) is 4.52. The van der Waals surface area contributed by atoms with Crippen LogP contribution in [0.25, 0.3) is 0 Å². The maximum atomic E-state index is 11.6. The third-order valence-corrected chi connectivity index (χ3v) is 3.30. The highest BCUT2D eigenvalue weighted by Gasteiger charge is 2.20. The molecule has 0 spiro atoms. The third-order valence-electron chi connectivity index (χ3n) is 3.30. The Balaban J connectivity index is 2.27. The molecule has 1 aliphatic heterocycles. The second-order valence-electron chi connectivity index (χ2n) is 5.07. The van der Waals surface area contributed by atoms with Crippen LogP contribution >= 0.6 is 0 Å². The van der Waals surface area contributed by atoms with E-state index in [2.05, 4.69) is 17.1 Å². The molecule has 0 bridgehead atoms. The van der Waals surface area contributed by atoms with Gasteiger partial charge in [-0.15, -0.1) is 0 Å². The summed E-state index contributed by atoms with van der Waals surface area (Å²) >= 11 is 0. The number of hydrogen-bond acceptors (Lipinski definition) is 2. The minimum absolute atomic E-state index is 0.190. The Morgan fingerprint density at radius 3 is 2.81 bits per heavy atom. The summed E-state index contributed by atoms with van der Waals surface area (Å²) in [5.74, 6) is 0.190. The minimum Gasteiger partial charge on any atom is -0.354 e. The second-order valence-corrected chi connectivity index (χ2v) is 5.07. The first kappa shape index (κ1) is 13.5. The number of nitrogens with one attached hydrogen (secondary N) is 1. The first-order valence-electron chi connectivity index (χ1n) is 6.67. The lowest BCUT2D eigenvalue weighted by molar-refractivity contribution is -0.122. The van der Waals surface area contributed by atoms with Crippen molar-refractivity contribution >= 4 is 5.91 Å². The Labute approximate surface area is 99.6 Å². The molecule has 0 aromatic heterocycles. The highest BCUT2D eigenvalue weighted by Crippen LogP contribution is 2.19. The number of nitrogens with zero attached hydrogens (tertiary/aromatic N) is 1. The highest BCUT2D eigenvalue weighted by atomic mass is 16.1. The molecule has 1 rings (SSSR count). The van der Waals surface area contributed by atoms with Gasteiger partial charge in [0.15, 0.2) is 0 Å². The normalized spacial score (nSPS) is 22.4. The molecule has 1 atom stereocenters. The van der Waals surface area contributed by atoms with E-state index in [1.807, 2.05) is 13.8 Å². The van der Waals surface area contributed by atoms with Gasteiger partial charge in [0.1, 0.15) is 0 Å². The van der Waals surface area contributed by atoms with Gasteiger partial charge in [0.05, 0.1) is 0 Å². The average molecular weight is 226 g/mol. The molecule has 1 fully saturated rings.